The van der Waals surface area contributed by atoms with Crippen molar-refractivity contribution in [1.82, 2.24) is 19.2 Å². The van der Waals surface area contributed by atoms with E-state index in [1.165, 1.54) is 4.68 Å². The highest BCUT2D eigenvalue weighted by Gasteiger charge is 2.23. The Morgan fingerprint density at radius 1 is 1.10 bits per heavy atom. The van der Waals surface area contributed by atoms with E-state index in [1.54, 1.807) is 28.7 Å². The molecule has 1 aliphatic rings. The van der Waals surface area contributed by atoms with Gasteiger partial charge in [-0.2, -0.15) is 0 Å². The van der Waals surface area contributed by atoms with Crippen LogP contribution >= 0.6 is 11.6 Å². The van der Waals surface area contributed by atoms with Crippen molar-refractivity contribution >= 4 is 45.7 Å². The number of nitrogens with one attached hydrogen (secondary N) is 1. The summed E-state index contributed by atoms with van der Waals surface area (Å²) in [6.07, 6.45) is 2.15. The standard InChI is InChI=1S/C21H19ClN6O2/c22-14-6-5-7-15(12-14)23-18(29)13-27-21(30)28-17-9-2-1-8-16(17)24-19(20(28)25-27)26-10-3-4-11-26/h1-2,5-9,12H,3-4,10-11,13H2,(H,23,29). The molecule has 1 aliphatic heterocycles. The van der Waals surface area contributed by atoms with Gasteiger partial charge in [0.05, 0.1) is 11.0 Å². The summed E-state index contributed by atoms with van der Waals surface area (Å²) in [5, 5.41) is 7.75. The Morgan fingerprint density at radius 3 is 2.70 bits per heavy atom. The van der Waals surface area contributed by atoms with Crippen molar-refractivity contribution in [1.29, 1.82) is 0 Å². The average Bonchev–Trinajstić information content (AvgIpc) is 3.37. The second-order valence-electron chi connectivity index (χ2n) is 7.28. The summed E-state index contributed by atoms with van der Waals surface area (Å²) in [6.45, 7) is 1.54. The van der Waals surface area contributed by atoms with Crippen molar-refractivity contribution < 1.29 is 4.79 Å². The Balaban J connectivity index is 1.57. The molecule has 1 saturated heterocycles. The number of rotatable bonds is 4. The van der Waals surface area contributed by atoms with Crippen LogP contribution in [0.4, 0.5) is 11.5 Å². The van der Waals surface area contributed by atoms with Crippen molar-refractivity contribution in [3.05, 3.63) is 64.0 Å². The lowest BCUT2D eigenvalue weighted by Gasteiger charge is -2.17. The smallest absolute Gasteiger partial charge is 0.351 e. The highest BCUT2D eigenvalue weighted by Crippen LogP contribution is 2.25. The van der Waals surface area contributed by atoms with E-state index < -0.39 is 0 Å². The van der Waals surface area contributed by atoms with Crippen LogP contribution in [0, 0.1) is 0 Å². The fourth-order valence-corrected chi connectivity index (χ4v) is 4.02. The number of amides is 1. The van der Waals surface area contributed by atoms with Crippen molar-refractivity contribution in [2.45, 2.75) is 19.4 Å². The third-order valence-corrected chi connectivity index (χ3v) is 5.43. The maximum absolute atomic E-state index is 13.2. The Bertz CT molecular complexity index is 1320. The topological polar surface area (TPSA) is 84.5 Å². The quantitative estimate of drug-likeness (QED) is 0.546. The molecule has 2 aromatic carbocycles. The Labute approximate surface area is 176 Å². The van der Waals surface area contributed by atoms with Gasteiger partial charge in [-0.3, -0.25) is 4.79 Å². The van der Waals surface area contributed by atoms with E-state index in [1.807, 2.05) is 24.3 Å². The molecule has 9 heteroatoms. The van der Waals surface area contributed by atoms with Gasteiger partial charge in [0.25, 0.3) is 0 Å². The van der Waals surface area contributed by atoms with E-state index >= 15 is 0 Å². The molecule has 0 saturated carbocycles. The molecule has 0 atom stereocenters. The lowest BCUT2D eigenvalue weighted by molar-refractivity contribution is -0.117. The number of hydrogen-bond donors (Lipinski definition) is 1. The molecule has 4 aromatic rings. The summed E-state index contributed by atoms with van der Waals surface area (Å²) in [6, 6.07) is 14.3. The second-order valence-corrected chi connectivity index (χ2v) is 7.71. The zero-order valence-electron chi connectivity index (χ0n) is 16.1. The maximum atomic E-state index is 13.2. The van der Waals surface area contributed by atoms with Gasteiger partial charge in [-0.15, -0.1) is 5.10 Å². The lowest BCUT2D eigenvalue weighted by atomic mass is 10.3. The van der Waals surface area contributed by atoms with Gasteiger partial charge < -0.3 is 10.2 Å². The van der Waals surface area contributed by atoms with Crippen LogP contribution in [0.25, 0.3) is 16.7 Å². The monoisotopic (exact) mass is 422 g/mol. The number of carbonyl (C=O) groups excluding carboxylic acids is 1. The molecule has 3 heterocycles. The number of halogens is 1. The second kappa shape index (κ2) is 7.46. The maximum Gasteiger partial charge on any atom is 0.351 e. The normalized spacial score (nSPS) is 14.0. The number of carbonyl (C=O) groups is 1. The fourth-order valence-electron chi connectivity index (χ4n) is 3.83. The first kappa shape index (κ1) is 18.6. The molecule has 0 spiro atoms. The zero-order valence-corrected chi connectivity index (χ0v) is 16.8. The number of anilines is 2. The van der Waals surface area contributed by atoms with Crippen LogP contribution in [0.2, 0.25) is 5.02 Å². The average molecular weight is 423 g/mol. The minimum Gasteiger partial charge on any atom is -0.353 e. The molecular formula is C21H19ClN6O2. The van der Waals surface area contributed by atoms with Gasteiger partial charge in [0.2, 0.25) is 11.6 Å². The van der Waals surface area contributed by atoms with E-state index in [9.17, 15) is 9.59 Å². The van der Waals surface area contributed by atoms with E-state index in [0.717, 1.165) is 31.4 Å². The highest BCUT2D eigenvalue weighted by molar-refractivity contribution is 6.30. The summed E-state index contributed by atoms with van der Waals surface area (Å²) >= 11 is 5.97. The number of benzene rings is 2. The van der Waals surface area contributed by atoms with E-state index in [2.05, 4.69) is 15.3 Å². The van der Waals surface area contributed by atoms with Gasteiger partial charge in [-0.25, -0.2) is 18.9 Å². The molecule has 1 amide bonds. The van der Waals surface area contributed by atoms with Crippen LogP contribution in [0.5, 0.6) is 0 Å². The third kappa shape index (κ3) is 3.29. The number of aromatic nitrogens is 4. The third-order valence-electron chi connectivity index (χ3n) is 5.20. The van der Waals surface area contributed by atoms with Gasteiger partial charge in [0.1, 0.15) is 6.54 Å². The predicted octanol–water partition coefficient (Wildman–Crippen LogP) is 2.94. The number of hydrogen-bond acceptors (Lipinski definition) is 5. The molecule has 2 aromatic heterocycles. The van der Waals surface area contributed by atoms with Gasteiger partial charge in [-0.1, -0.05) is 29.8 Å². The van der Waals surface area contributed by atoms with Crippen LogP contribution < -0.4 is 15.9 Å². The molecule has 0 bridgehead atoms. The minimum absolute atomic E-state index is 0.208. The summed E-state index contributed by atoms with van der Waals surface area (Å²) in [4.78, 5) is 32.6. The van der Waals surface area contributed by atoms with Crippen molar-refractivity contribution in [2.24, 2.45) is 0 Å². The number of fused-ring (bicyclic) bond motifs is 3. The van der Waals surface area contributed by atoms with Gasteiger partial charge >= 0.3 is 5.69 Å². The molecule has 152 valence electrons. The zero-order chi connectivity index (χ0) is 20.7. The molecule has 8 nitrogen and oxygen atoms in total. The van der Waals surface area contributed by atoms with Crippen LogP contribution in [0.1, 0.15) is 12.8 Å². The number of nitrogens with zero attached hydrogens (tertiary/aromatic N) is 5. The Hall–Kier alpha value is -3.39. The van der Waals surface area contributed by atoms with Crippen LogP contribution in [0.3, 0.4) is 0 Å². The predicted molar refractivity (Wildman–Crippen MR) is 116 cm³/mol. The van der Waals surface area contributed by atoms with Crippen LogP contribution in [-0.4, -0.2) is 38.2 Å². The van der Waals surface area contributed by atoms with E-state index in [0.29, 0.717) is 27.7 Å². The van der Waals surface area contributed by atoms with Gasteiger partial charge in [0, 0.05) is 23.8 Å². The van der Waals surface area contributed by atoms with E-state index in [4.69, 9.17) is 16.6 Å². The van der Waals surface area contributed by atoms with Crippen molar-refractivity contribution in [2.75, 3.05) is 23.3 Å². The highest BCUT2D eigenvalue weighted by atomic mass is 35.5. The Morgan fingerprint density at radius 2 is 1.90 bits per heavy atom. The van der Waals surface area contributed by atoms with Gasteiger partial charge in [0.15, 0.2) is 5.82 Å². The molecule has 1 N–H and O–H groups in total. The van der Waals surface area contributed by atoms with Gasteiger partial charge in [-0.05, 0) is 43.2 Å². The molecular weight excluding hydrogens is 404 g/mol. The SMILES string of the molecule is O=C(Cn1nc2c(N3CCCC3)nc3ccccc3n2c1=O)Nc1cccc(Cl)c1. The van der Waals surface area contributed by atoms with E-state index in [-0.39, 0.29) is 18.1 Å². The number of para-hydroxylation sites is 2. The molecule has 0 radical (unpaired) electrons. The summed E-state index contributed by atoms with van der Waals surface area (Å²) in [5.74, 6) is 0.319. The Kier molecular flexibility index (Phi) is 4.63. The van der Waals surface area contributed by atoms with Crippen molar-refractivity contribution in [3.63, 3.8) is 0 Å². The molecule has 1 fully saturated rings. The fraction of sp³-hybridized carbons (Fsp3) is 0.238. The summed E-state index contributed by atoms with van der Waals surface area (Å²) in [7, 11) is 0. The van der Waals surface area contributed by atoms with Crippen molar-refractivity contribution in [3.8, 4) is 0 Å². The van der Waals surface area contributed by atoms with Crippen LogP contribution in [0.15, 0.2) is 53.3 Å². The first-order chi connectivity index (χ1) is 14.6. The lowest BCUT2D eigenvalue weighted by Crippen LogP contribution is -2.28. The molecule has 5 rings (SSSR count). The summed E-state index contributed by atoms with van der Waals surface area (Å²) in [5.41, 5.74) is 2.05. The minimum atomic E-state index is -0.370. The molecule has 0 unspecified atom stereocenters. The van der Waals surface area contributed by atoms with Crippen LogP contribution in [-0.2, 0) is 11.3 Å². The first-order valence-electron chi connectivity index (χ1n) is 9.79. The summed E-state index contributed by atoms with van der Waals surface area (Å²) < 4.78 is 2.73. The first-order valence-corrected chi connectivity index (χ1v) is 10.2. The largest absolute Gasteiger partial charge is 0.353 e. The molecule has 30 heavy (non-hydrogen) atoms. The molecule has 0 aliphatic carbocycles.